The zero-order chi connectivity index (χ0) is 17.5. The van der Waals surface area contributed by atoms with Gasteiger partial charge in [-0.05, 0) is 42.3 Å². The number of rotatable bonds is 8. The van der Waals surface area contributed by atoms with Gasteiger partial charge in [0.1, 0.15) is 11.5 Å². The normalized spacial score (nSPS) is 11.8. The molecule has 0 saturated carbocycles. The second-order valence-electron chi connectivity index (χ2n) is 5.40. The fourth-order valence-corrected chi connectivity index (χ4v) is 2.26. The first-order chi connectivity index (χ1) is 11.5. The third-order valence-electron chi connectivity index (χ3n) is 3.56. The summed E-state index contributed by atoms with van der Waals surface area (Å²) in [6, 6.07) is 13.5. The summed E-state index contributed by atoms with van der Waals surface area (Å²) < 4.78 is 11.0. The molecule has 2 aromatic carbocycles. The molecule has 2 rings (SSSR count). The maximum atomic E-state index is 11.5. The van der Waals surface area contributed by atoms with E-state index in [1.165, 1.54) is 19.1 Å². The second kappa shape index (κ2) is 8.21. The Balaban J connectivity index is 2.09. The van der Waals surface area contributed by atoms with Gasteiger partial charge in [0.2, 0.25) is 0 Å². The molecule has 0 spiro atoms. The molecule has 0 aromatic heterocycles. The van der Waals surface area contributed by atoms with Crippen LogP contribution in [0.1, 0.15) is 30.6 Å². The maximum Gasteiger partial charge on any atom is 0.269 e. The molecule has 6 nitrogen and oxygen atoms in total. The largest absolute Gasteiger partial charge is 0.497 e. The SMILES string of the molecule is COc1ccc(COC(CC(C)=O)c2ccc([N+](=O)[O-])cc2)cc1. The highest BCUT2D eigenvalue weighted by Crippen LogP contribution is 2.25. The van der Waals surface area contributed by atoms with Gasteiger partial charge in [-0.2, -0.15) is 0 Å². The van der Waals surface area contributed by atoms with Crippen LogP contribution in [0.3, 0.4) is 0 Å². The van der Waals surface area contributed by atoms with Crippen LogP contribution < -0.4 is 4.74 Å². The van der Waals surface area contributed by atoms with Crippen LogP contribution in [0.5, 0.6) is 5.75 Å². The van der Waals surface area contributed by atoms with E-state index in [1.54, 1.807) is 19.2 Å². The summed E-state index contributed by atoms with van der Waals surface area (Å²) in [5, 5.41) is 10.7. The lowest BCUT2D eigenvalue weighted by Gasteiger charge is -2.17. The van der Waals surface area contributed by atoms with Gasteiger partial charge in [-0.15, -0.1) is 0 Å². The van der Waals surface area contributed by atoms with Gasteiger partial charge in [0, 0.05) is 18.6 Å². The minimum absolute atomic E-state index is 0.00640. The fraction of sp³-hybridized carbons (Fsp3) is 0.278. The highest BCUT2D eigenvalue weighted by molar-refractivity contribution is 5.76. The van der Waals surface area contributed by atoms with E-state index in [0.29, 0.717) is 6.61 Å². The van der Waals surface area contributed by atoms with Crippen LogP contribution in [0, 0.1) is 10.1 Å². The molecule has 0 radical (unpaired) electrons. The van der Waals surface area contributed by atoms with E-state index in [2.05, 4.69) is 0 Å². The Bertz CT molecular complexity index is 694. The monoisotopic (exact) mass is 329 g/mol. The Labute approximate surface area is 140 Å². The summed E-state index contributed by atoms with van der Waals surface area (Å²) in [5.74, 6) is 0.752. The predicted octanol–water partition coefficient (Wildman–Crippen LogP) is 3.84. The Kier molecular flexibility index (Phi) is 6.03. The second-order valence-corrected chi connectivity index (χ2v) is 5.40. The number of non-ortho nitro benzene ring substituents is 1. The van der Waals surface area contributed by atoms with Gasteiger partial charge in [-0.3, -0.25) is 14.9 Å². The number of ketones is 1. The van der Waals surface area contributed by atoms with Crippen LogP contribution in [0.4, 0.5) is 5.69 Å². The van der Waals surface area contributed by atoms with E-state index in [4.69, 9.17) is 9.47 Å². The summed E-state index contributed by atoms with van der Waals surface area (Å²) >= 11 is 0. The number of methoxy groups -OCH3 is 1. The van der Waals surface area contributed by atoms with Crippen molar-refractivity contribution in [3.05, 3.63) is 69.8 Å². The molecule has 0 aliphatic heterocycles. The van der Waals surface area contributed by atoms with Crippen LogP contribution in [0.2, 0.25) is 0 Å². The quantitative estimate of drug-likeness (QED) is 0.543. The lowest BCUT2D eigenvalue weighted by Crippen LogP contribution is -2.09. The van der Waals surface area contributed by atoms with Crippen molar-refractivity contribution in [2.45, 2.75) is 26.1 Å². The molecule has 0 N–H and O–H groups in total. The van der Waals surface area contributed by atoms with Crippen LogP contribution in [-0.4, -0.2) is 17.8 Å². The molecule has 0 saturated heterocycles. The van der Waals surface area contributed by atoms with Crippen molar-refractivity contribution >= 4 is 11.5 Å². The highest BCUT2D eigenvalue weighted by atomic mass is 16.6. The van der Waals surface area contributed by atoms with E-state index < -0.39 is 11.0 Å². The molecule has 6 heteroatoms. The summed E-state index contributed by atoms with van der Waals surface area (Å²) in [6.07, 6.45) is -0.223. The van der Waals surface area contributed by atoms with Crippen molar-refractivity contribution in [1.82, 2.24) is 0 Å². The molecule has 0 fully saturated rings. The summed E-state index contributed by atoms with van der Waals surface area (Å²) in [4.78, 5) is 21.8. The van der Waals surface area contributed by atoms with Crippen molar-refractivity contribution in [1.29, 1.82) is 0 Å². The topological polar surface area (TPSA) is 78.7 Å². The Morgan fingerprint density at radius 3 is 2.25 bits per heavy atom. The number of benzene rings is 2. The van der Waals surface area contributed by atoms with Gasteiger partial charge >= 0.3 is 0 Å². The highest BCUT2D eigenvalue weighted by Gasteiger charge is 2.16. The lowest BCUT2D eigenvalue weighted by atomic mass is 10.0. The van der Waals surface area contributed by atoms with Gasteiger partial charge in [0.05, 0.1) is 24.7 Å². The van der Waals surface area contributed by atoms with E-state index in [0.717, 1.165) is 16.9 Å². The molecular weight excluding hydrogens is 310 g/mol. The Morgan fingerprint density at radius 1 is 1.12 bits per heavy atom. The molecule has 24 heavy (non-hydrogen) atoms. The molecule has 2 aromatic rings. The van der Waals surface area contributed by atoms with Gasteiger partial charge in [-0.1, -0.05) is 12.1 Å². The first-order valence-electron chi connectivity index (χ1n) is 7.48. The summed E-state index contributed by atoms with van der Waals surface area (Å²) in [6.45, 7) is 1.83. The van der Waals surface area contributed by atoms with Crippen molar-refractivity contribution in [2.24, 2.45) is 0 Å². The van der Waals surface area contributed by atoms with Crippen molar-refractivity contribution in [2.75, 3.05) is 7.11 Å². The number of hydrogen-bond acceptors (Lipinski definition) is 5. The predicted molar refractivity (Wildman–Crippen MR) is 88.9 cm³/mol. The maximum absolute atomic E-state index is 11.5. The number of hydrogen-bond donors (Lipinski definition) is 0. The average Bonchev–Trinajstić information content (AvgIpc) is 2.59. The standard InChI is InChI=1S/C18H19NO5/c1-13(20)11-18(15-5-7-16(8-6-15)19(21)22)24-12-14-3-9-17(23-2)10-4-14/h3-10,18H,11-12H2,1-2H3. The van der Waals surface area contributed by atoms with Crippen LogP contribution in [-0.2, 0) is 16.1 Å². The molecule has 126 valence electrons. The van der Waals surface area contributed by atoms with E-state index >= 15 is 0 Å². The van der Waals surface area contributed by atoms with Crippen LogP contribution in [0.15, 0.2) is 48.5 Å². The third kappa shape index (κ3) is 4.89. The van der Waals surface area contributed by atoms with Gasteiger partial charge < -0.3 is 9.47 Å². The third-order valence-corrected chi connectivity index (χ3v) is 3.56. The zero-order valence-corrected chi connectivity index (χ0v) is 13.6. The summed E-state index contributed by atoms with van der Waals surface area (Å²) in [5.41, 5.74) is 1.70. The number of nitrogens with zero attached hydrogens (tertiary/aromatic N) is 1. The van der Waals surface area contributed by atoms with Crippen molar-refractivity contribution in [3.63, 3.8) is 0 Å². The molecule has 0 bridgehead atoms. The fourth-order valence-electron chi connectivity index (χ4n) is 2.26. The number of Topliss-reactive ketones (excluding diaryl/α,β-unsaturated/α-hetero) is 1. The molecule has 0 amide bonds. The first-order valence-corrected chi connectivity index (χ1v) is 7.48. The molecular formula is C18H19NO5. The van der Waals surface area contributed by atoms with E-state index in [9.17, 15) is 14.9 Å². The molecule has 1 unspecified atom stereocenters. The van der Waals surface area contributed by atoms with E-state index in [1.807, 2.05) is 24.3 Å². The summed E-state index contributed by atoms with van der Waals surface area (Å²) in [7, 11) is 1.60. The van der Waals surface area contributed by atoms with Gasteiger partial charge in [0.15, 0.2) is 0 Å². The molecule has 0 aliphatic carbocycles. The average molecular weight is 329 g/mol. The van der Waals surface area contributed by atoms with Crippen LogP contribution >= 0.6 is 0 Å². The van der Waals surface area contributed by atoms with Crippen LogP contribution in [0.25, 0.3) is 0 Å². The minimum atomic E-state index is -0.456. The molecule has 0 aliphatic rings. The van der Waals surface area contributed by atoms with Crippen molar-refractivity contribution < 1.29 is 19.2 Å². The Morgan fingerprint density at radius 2 is 1.75 bits per heavy atom. The lowest BCUT2D eigenvalue weighted by molar-refractivity contribution is -0.384. The van der Waals surface area contributed by atoms with E-state index in [-0.39, 0.29) is 17.9 Å². The number of nitro groups is 1. The van der Waals surface area contributed by atoms with Gasteiger partial charge in [0.25, 0.3) is 5.69 Å². The molecule has 1 atom stereocenters. The number of nitro benzene ring substituents is 1. The zero-order valence-electron chi connectivity index (χ0n) is 13.6. The van der Waals surface area contributed by atoms with Gasteiger partial charge in [-0.25, -0.2) is 0 Å². The number of carbonyl (C=O) groups excluding carboxylic acids is 1. The van der Waals surface area contributed by atoms with Crippen molar-refractivity contribution in [3.8, 4) is 5.75 Å². The number of ether oxygens (including phenoxy) is 2. The first kappa shape index (κ1) is 17.6. The molecule has 0 heterocycles. The smallest absolute Gasteiger partial charge is 0.269 e. The Hall–Kier alpha value is -2.73. The number of carbonyl (C=O) groups is 1. The minimum Gasteiger partial charge on any atom is -0.497 e.